The molecular weight excluding hydrogens is 342 g/mol. The molecule has 0 unspecified atom stereocenters. The van der Waals surface area contributed by atoms with Crippen LogP contribution in [0, 0.1) is 6.92 Å². The molecule has 7 nitrogen and oxygen atoms in total. The van der Waals surface area contributed by atoms with E-state index in [-0.39, 0.29) is 11.9 Å². The van der Waals surface area contributed by atoms with E-state index < -0.39 is 0 Å². The second-order valence-corrected chi connectivity index (χ2v) is 6.94. The molecule has 27 heavy (non-hydrogen) atoms. The van der Waals surface area contributed by atoms with Crippen LogP contribution < -0.4 is 15.0 Å². The molecule has 1 aliphatic heterocycles. The lowest BCUT2D eigenvalue weighted by atomic mass is 10.2. The molecular formula is C20H27N5O2. The zero-order valence-corrected chi connectivity index (χ0v) is 16.4. The SMILES string of the molecule is COc1ccccc1N1CCN(C(=O)c2cc(NC(C)C)nc(C)n2)CC1. The Balaban J connectivity index is 1.69. The highest BCUT2D eigenvalue weighted by Gasteiger charge is 2.25. The minimum atomic E-state index is -0.0491. The molecule has 0 aliphatic carbocycles. The number of rotatable bonds is 5. The number of nitrogens with one attached hydrogen (secondary N) is 1. The predicted octanol–water partition coefficient (Wildman–Crippen LogP) is 2.58. The highest BCUT2D eigenvalue weighted by Crippen LogP contribution is 2.28. The van der Waals surface area contributed by atoms with Crippen LogP contribution in [0.25, 0.3) is 0 Å². The fraction of sp³-hybridized carbons (Fsp3) is 0.450. The smallest absolute Gasteiger partial charge is 0.272 e. The molecule has 144 valence electrons. The number of anilines is 2. The molecule has 0 spiro atoms. The fourth-order valence-electron chi connectivity index (χ4n) is 3.25. The molecule has 0 bridgehead atoms. The van der Waals surface area contributed by atoms with E-state index >= 15 is 0 Å². The average molecular weight is 369 g/mol. The molecule has 1 saturated heterocycles. The number of ether oxygens (including phenoxy) is 1. The van der Waals surface area contributed by atoms with Crippen LogP contribution in [0.5, 0.6) is 5.75 Å². The number of carbonyl (C=O) groups is 1. The third-order valence-corrected chi connectivity index (χ3v) is 4.49. The molecule has 2 heterocycles. The van der Waals surface area contributed by atoms with Gasteiger partial charge in [-0.15, -0.1) is 0 Å². The molecule has 7 heteroatoms. The summed E-state index contributed by atoms with van der Waals surface area (Å²) in [4.78, 5) is 25.7. The fourth-order valence-corrected chi connectivity index (χ4v) is 3.25. The van der Waals surface area contributed by atoms with Crippen molar-refractivity contribution in [1.82, 2.24) is 14.9 Å². The Morgan fingerprint density at radius 2 is 1.85 bits per heavy atom. The van der Waals surface area contributed by atoms with E-state index in [0.29, 0.717) is 30.4 Å². The number of aryl methyl sites for hydroxylation is 1. The van der Waals surface area contributed by atoms with Gasteiger partial charge in [0.05, 0.1) is 12.8 Å². The average Bonchev–Trinajstić information content (AvgIpc) is 2.66. The number of methoxy groups -OCH3 is 1. The van der Waals surface area contributed by atoms with Crippen LogP contribution in [-0.4, -0.2) is 60.1 Å². The molecule has 0 radical (unpaired) electrons. The molecule has 1 aromatic heterocycles. The van der Waals surface area contributed by atoms with Gasteiger partial charge in [0.2, 0.25) is 0 Å². The van der Waals surface area contributed by atoms with E-state index in [4.69, 9.17) is 4.74 Å². The molecule has 0 saturated carbocycles. The van der Waals surface area contributed by atoms with Crippen molar-refractivity contribution in [3.63, 3.8) is 0 Å². The first-order valence-corrected chi connectivity index (χ1v) is 9.27. The van der Waals surface area contributed by atoms with Gasteiger partial charge in [-0.1, -0.05) is 12.1 Å². The third-order valence-electron chi connectivity index (χ3n) is 4.49. The largest absolute Gasteiger partial charge is 0.495 e. The summed E-state index contributed by atoms with van der Waals surface area (Å²) >= 11 is 0. The molecule has 3 rings (SSSR count). The second-order valence-electron chi connectivity index (χ2n) is 6.94. The maximum Gasteiger partial charge on any atom is 0.272 e. The minimum absolute atomic E-state index is 0.0491. The van der Waals surface area contributed by atoms with Crippen molar-refractivity contribution in [2.24, 2.45) is 0 Å². The number of carbonyl (C=O) groups excluding carboxylic acids is 1. The summed E-state index contributed by atoms with van der Waals surface area (Å²) in [5.74, 6) is 2.09. The summed E-state index contributed by atoms with van der Waals surface area (Å²) in [7, 11) is 1.68. The van der Waals surface area contributed by atoms with Gasteiger partial charge in [0.25, 0.3) is 5.91 Å². The van der Waals surface area contributed by atoms with Crippen LogP contribution in [0.4, 0.5) is 11.5 Å². The first kappa shape index (κ1) is 18.9. The summed E-state index contributed by atoms with van der Waals surface area (Å²) in [6.07, 6.45) is 0. The molecule has 1 fully saturated rings. The number of hydrogen-bond donors (Lipinski definition) is 1. The summed E-state index contributed by atoms with van der Waals surface area (Å²) in [6.45, 7) is 8.69. The van der Waals surface area contributed by atoms with Gasteiger partial charge in [-0.3, -0.25) is 4.79 Å². The maximum atomic E-state index is 12.9. The normalized spacial score (nSPS) is 14.4. The van der Waals surface area contributed by atoms with Crippen LogP contribution in [0.15, 0.2) is 30.3 Å². The van der Waals surface area contributed by atoms with E-state index in [1.54, 1.807) is 13.2 Å². The number of para-hydroxylation sites is 2. The summed E-state index contributed by atoms with van der Waals surface area (Å²) in [5, 5.41) is 3.24. The molecule has 1 aliphatic rings. The number of aromatic nitrogens is 2. The molecule has 1 aromatic carbocycles. The van der Waals surface area contributed by atoms with Crippen molar-refractivity contribution in [3.05, 3.63) is 41.9 Å². The Kier molecular flexibility index (Phi) is 5.78. The first-order chi connectivity index (χ1) is 13.0. The predicted molar refractivity (Wildman–Crippen MR) is 107 cm³/mol. The van der Waals surface area contributed by atoms with Gasteiger partial charge in [0.15, 0.2) is 0 Å². The zero-order chi connectivity index (χ0) is 19.4. The Hall–Kier alpha value is -2.83. The van der Waals surface area contributed by atoms with Crippen LogP contribution in [0.3, 0.4) is 0 Å². The van der Waals surface area contributed by atoms with Crippen LogP contribution >= 0.6 is 0 Å². The lowest BCUT2D eigenvalue weighted by Crippen LogP contribution is -2.49. The van der Waals surface area contributed by atoms with Crippen molar-refractivity contribution in [3.8, 4) is 5.75 Å². The van der Waals surface area contributed by atoms with Crippen molar-refractivity contribution in [2.45, 2.75) is 26.8 Å². The minimum Gasteiger partial charge on any atom is -0.495 e. The summed E-state index contributed by atoms with van der Waals surface area (Å²) < 4.78 is 5.45. The van der Waals surface area contributed by atoms with E-state index in [1.165, 1.54) is 0 Å². The van der Waals surface area contributed by atoms with Gasteiger partial charge >= 0.3 is 0 Å². The third kappa shape index (κ3) is 4.48. The molecule has 0 atom stereocenters. The van der Waals surface area contributed by atoms with Gasteiger partial charge in [-0.2, -0.15) is 0 Å². The highest BCUT2D eigenvalue weighted by atomic mass is 16.5. The first-order valence-electron chi connectivity index (χ1n) is 9.27. The van der Waals surface area contributed by atoms with E-state index in [0.717, 1.165) is 24.5 Å². The second kappa shape index (κ2) is 8.24. The van der Waals surface area contributed by atoms with Gasteiger partial charge in [-0.05, 0) is 32.9 Å². The van der Waals surface area contributed by atoms with Crippen molar-refractivity contribution in [1.29, 1.82) is 0 Å². The topological polar surface area (TPSA) is 70.6 Å². The van der Waals surface area contributed by atoms with Crippen LogP contribution in [0.2, 0.25) is 0 Å². The number of nitrogens with zero attached hydrogens (tertiary/aromatic N) is 4. The van der Waals surface area contributed by atoms with Crippen LogP contribution in [0.1, 0.15) is 30.2 Å². The number of benzene rings is 1. The quantitative estimate of drug-likeness (QED) is 0.874. The number of amides is 1. The van der Waals surface area contributed by atoms with Crippen molar-refractivity contribution in [2.75, 3.05) is 43.5 Å². The van der Waals surface area contributed by atoms with E-state index in [1.807, 2.05) is 49.9 Å². The Morgan fingerprint density at radius 1 is 1.15 bits per heavy atom. The van der Waals surface area contributed by atoms with Gasteiger partial charge in [0.1, 0.15) is 23.1 Å². The molecule has 1 N–H and O–H groups in total. The standard InChI is InChI=1S/C20H27N5O2/c1-14(2)21-19-13-16(22-15(3)23-19)20(26)25-11-9-24(10-12-25)17-7-5-6-8-18(17)27-4/h5-8,13-14H,9-12H2,1-4H3,(H,21,22,23). The summed E-state index contributed by atoms with van der Waals surface area (Å²) in [6, 6.07) is 9.95. The van der Waals surface area contributed by atoms with Gasteiger partial charge in [0, 0.05) is 38.3 Å². The monoisotopic (exact) mass is 369 g/mol. The summed E-state index contributed by atoms with van der Waals surface area (Å²) in [5.41, 5.74) is 1.50. The zero-order valence-electron chi connectivity index (χ0n) is 16.4. The lowest BCUT2D eigenvalue weighted by Gasteiger charge is -2.36. The Bertz CT molecular complexity index is 801. The number of piperazine rings is 1. The Morgan fingerprint density at radius 3 is 2.52 bits per heavy atom. The maximum absolute atomic E-state index is 12.9. The van der Waals surface area contributed by atoms with Gasteiger partial charge < -0.3 is 19.9 Å². The lowest BCUT2D eigenvalue weighted by molar-refractivity contribution is 0.0740. The Labute approximate surface area is 160 Å². The van der Waals surface area contributed by atoms with Crippen molar-refractivity contribution < 1.29 is 9.53 Å². The number of hydrogen-bond acceptors (Lipinski definition) is 6. The van der Waals surface area contributed by atoms with Crippen molar-refractivity contribution >= 4 is 17.4 Å². The van der Waals surface area contributed by atoms with E-state index in [2.05, 4.69) is 20.2 Å². The van der Waals surface area contributed by atoms with Gasteiger partial charge in [-0.25, -0.2) is 9.97 Å². The van der Waals surface area contributed by atoms with Crippen LogP contribution in [-0.2, 0) is 0 Å². The highest BCUT2D eigenvalue weighted by molar-refractivity contribution is 5.93. The molecule has 1 amide bonds. The molecule has 2 aromatic rings. The van der Waals surface area contributed by atoms with E-state index in [9.17, 15) is 4.79 Å².